The van der Waals surface area contributed by atoms with Gasteiger partial charge in [-0.05, 0) is 41.4 Å². The number of aryl methyl sites for hydroxylation is 1. The first kappa shape index (κ1) is 12.5. The quantitative estimate of drug-likeness (QED) is 0.499. The van der Waals surface area contributed by atoms with Gasteiger partial charge in [-0.15, -0.1) is 4.52 Å². The minimum atomic E-state index is 0.872. The third-order valence-corrected chi connectivity index (χ3v) is 4.19. The maximum Gasteiger partial charge on any atom is 0.333 e. The maximum absolute atomic E-state index is 4.33. The molecule has 21 heavy (non-hydrogen) atoms. The van der Waals surface area contributed by atoms with Crippen LogP contribution in [0.3, 0.4) is 0 Å². The van der Waals surface area contributed by atoms with Crippen molar-refractivity contribution in [2.75, 3.05) is 0 Å². The van der Waals surface area contributed by atoms with Crippen molar-refractivity contribution in [3.05, 3.63) is 64.8 Å². The summed E-state index contributed by atoms with van der Waals surface area (Å²) in [6, 6.07) is 16.3. The molecule has 0 saturated heterocycles. The summed E-state index contributed by atoms with van der Waals surface area (Å²) in [6.07, 6.45) is 2.07. The van der Waals surface area contributed by atoms with E-state index in [1.807, 2.05) is 40.9 Å². The summed E-state index contributed by atoms with van der Waals surface area (Å²) in [5.74, 6) is 0. The van der Waals surface area contributed by atoms with E-state index in [9.17, 15) is 0 Å². The highest BCUT2D eigenvalue weighted by Gasteiger charge is 2.18. The Morgan fingerprint density at radius 3 is 2.62 bits per heavy atom. The fourth-order valence-corrected chi connectivity index (χ4v) is 2.84. The first-order valence-corrected chi connectivity index (χ1v) is 7.45. The topological polar surface area (TPSA) is 34.8 Å². The van der Waals surface area contributed by atoms with Crippen LogP contribution >= 0.6 is 15.9 Å². The van der Waals surface area contributed by atoms with Gasteiger partial charge in [0.2, 0.25) is 0 Å². The van der Waals surface area contributed by atoms with E-state index >= 15 is 0 Å². The van der Waals surface area contributed by atoms with E-state index < -0.39 is 0 Å². The molecule has 0 spiro atoms. The molecular formula is C16H12BrN4+. The molecule has 0 unspecified atom stereocenters. The first-order chi connectivity index (χ1) is 10.2. The normalized spacial score (nSPS) is 11.3. The van der Waals surface area contributed by atoms with Gasteiger partial charge in [-0.1, -0.05) is 40.2 Å². The number of halogens is 1. The van der Waals surface area contributed by atoms with Crippen molar-refractivity contribution in [3.8, 4) is 5.69 Å². The summed E-state index contributed by atoms with van der Waals surface area (Å²) in [4.78, 5) is 1.81. The molecule has 0 atom stereocenters. The van der Waals surface area contributed by atoms with Gasteiger partial charge >= 0.3 is 5.65 Å². The van der Waals surface area contributed by atoms with Gasteiger partial charge in [-0.2, -0.15) is 0 Å². The third-order valence-electron chi connectivity index (χ3n) is 3.66. The van der Waals surface area contributed by atoms with Crippen LogP contribution in [-0.2, 0) is 0 Å². The molecular weight excluding hydrogens is 328 g/mol. The number of benzene rings is 2. The van der Waals surface area contributed by atoms with Crippen LogP contribution in [0.5, 0.6) is 0 Å². The minimum Gasteiger partial charge on any atom is -0.123 e. The Morgan fingerprint density at radius 1 is 1.05 bits per heavy atom. The summed E-state index contributed by atoms with van der Waals surface area (Å²) in [7, 11) is 0. The van der Waals surface area contributed by atoms with Gasteiger partial charge in [0.25, 0.3) is 0 Å². The molecule has 2 aromatic heterocycles. The van der Waals surface area contributed by atoms with Crippen LogP contribution in [0.25, 0.3) is 22.1 Å². The molecule has 102 valence electrons. The third kappa shape index (κ3) is 1.93. The molecule has 0 N–H and O–H groups in total. The lowest BCUT2D eigenvalue weighted by molar-refractivity contribution is -0.603. The molecule has 0 aliphatic rings. The van der Waals surface area contributed by atoms with E-state index in [2.05, 4.69) is 51.5 Å². The SMILES string of the molecule is Cc1c2ccccc2c[n+]2c1nnn2-c1ccc(Br)cc1. The number of hydrogen-bond acceptors (Lipinski definition) is 2. The van der Waals surface area contributed by atoms with Gasteiger partial charge in [0, 0.05) is 15.4 Å². The molecule has 4 aromatic rings. The Bertz CT molecular complexity index is 957. The predicted octanol–water partition coefficient (Wildman–Crippen LogP) is 3.23. The molecule has 2 heterocycles. The van der Waals surface area contributed by atoms with E-state index in [-0.39, 0.29) is 0 Å². The number of aromatic nitrogens is 4. The second-order valence-electron chi connectivity index (χ2n) is 4.96. The van der Waals surface area contributed by atoms with E-state index in [0.717, 1.165) is 21.4 Å². The van der Waals surface area contributed by atoms with Crippen molar-refractivity contribution >= 4 is 32.3 Å². The average Bonchev–Trinajstić information content (AvgIpc) is 2.92. The van der Waals surface area contributed by atoms with Gasteiger partial charge in [0.05, 0.1) is 0 Å². The van der Waals surface area contributed by atoms with Crippen molar-refractivity contribution in [2.24, 2.45) is 0 Å². The molecule has 0 bridgehead atoms. The zero-order valence-electron chi connectivity index (χ0n) is 11.4. The van der Waals surface area contributed by atoms with Gasteiger partial charge < -0.3 is 0 Å². The predicted molar refractivity (Wildman–Crippen MR) is 84.5 cm³/mol. The highest BCUT2D eigenvalue weighted by atomic mass is 79.9. The molecule has 4 nitrogen and oxygen atoms in total. The fraction of sp³-hybridized carbons (Fsp3) is 0.0625. The molecule has 0 radical (unpaired) electrons. The first-order valence-electron chi connectivity index (χ1n) is 6.66. The molecule has 0 aliphatic heterocycles. The smallest absolute Gasteiger partial charge is 0.123 e. The maximum atomic E-state index is 4.33. The second kappa shape index (κ2) is 4.63. The average molecular weight is 340 g/mol. The number of fused-ring (bicyclic) bond motifs is 2. The molecule has 0 aliphatic carbocycles. The van der Waals surface area contributed by atoms with E-state index in [1.165, 1.54) is 10.8 Å². The summed E-state index contributed by atoms with van der Waals surface area (Å²) < 4.78 is 3.03. The Kier molecular flexibility index (Phi) is 2.75. The molecule has 0 saturated carbocycles. The van der Waals surface area contributed by atoms with Gasteiger partial charge in [-0.25, -0.2) is 0 Å². The Hall–Kier alpha value is -2.27. The highest BCUT2D eigenvalue weighted by Crippen LogP contribution is 2.19. The van der Waals surface area contributed by atoms with Crippen molar-refractivity contribution in [3.63, 3.8) is 0 Å². The van der Waals surface area contributed by atoms with E-state index in [1.54, 1.807) is 4.80 Å². The van der Waals surface area contributed by atoms with Crippen LogP contribution in [0.2, 0.25) is 0 Å². The van der Waals surface area contributed by atoms with E-state index in [0.29, 0.717) is 0 Å². The summed E-state index contributed by atoms with van der Waals surface area (Å²) >= 11 is 3.45. The Morgan fingerprint density at radius 2 is 1.81 bits per heavy atom. The zero-order chi connectivity index (χ0) is 14.4. The van der Waals surface area contributed by atoms with Crippen LogP contribution in [0, 0.1) is 6.92 Å². The van der Waals surface area contributed by atoms with Crippen molar-refractivity contribution in [2.45, 2.75) is 6.92 Å². The van der Waals surface area contributed by atoms with Crippen LogP contribution in [0.4, 0.5) is 0 Å². The molecule has 5 heteroatoms. The number of tetrazole rings is 1. The second-order valence-corrected chi connectivity index (χ2v) is 5.88. The molecule has 0 fully saturated rings. The van der Waals surface area contributed by atoms with Crippen LogP contribution < -0.4 is 4.52 Å². The fourth-order valence-electron chi connectivity index (χ4n) is 2.58. The molecule has 2 aromatic carbocycles. The zero-order valence-corrected chi connectivity index (χ0v) is 12.9. The summed E-state index contributed by atoms with van der Waals surface area (Å²) in [6.45, 7) is 2.08. The van der Waals surface area contributed by atoms with Crippen molar-refractivity contribution in [1.82, 2.24) is 15.1 Å². The number of nitrogens with zero attached hydrogens (tertiary/aromatic N) is 4. The van der Waals surface area contributed by atoms with Crippen LogP contribution in [0.15, 0.2) is 59.2 Å². The lowest BCUT2D eigenvalue weighted by atomic mass is 10.1. The Balaban J connectivity index is 2.05. The Labute approximate surface area is 129 Å². The van der Waals surface area contributed by atoms with Crippen LogP contribution in [0.1, 0.15) is 5.56 Å². The monoisotopic (exact) mass is 339 g/mol. The van der Waals surface area contributed by atoms with Gasteiger partial charge in [0.15, 0.2) is 5.21 Å². The van der Waals surface area contributed by atoms with Gasteiger partial charge in [-0.3, -0.25) is 0 Å². The van der Waals surface area contributed by atoms with Gasteiger partial charge in [0.1, 0.15) is 17.0 Å². The standard InChI is InChI=1S/C16H12BrN4/c1-11-15-5-3-2-4-12(15)10-20-16(11)18-19-21(20)14-8-6-13(17)7-9-14/h2-10H,1H3/q+1. The lowest BCUT2D eigenvalue weighted by Crippen LogP contribution is -2.32. The van der Waals surface area contributed by atoms with Crippen molar-refractivity contribution in [1.29, 1.82) is 0 Å². The van der Waals surface area contributed by atoms with E-state index in [4.69, 9.17) is 0 Å². The number of rotatable bonds is 1. The lowest BCUT2D eigenvalue weighted by Gasteiger charge is -2.02. The molecule has 4 rings (SSSR count). The minimum absolute atomic E-state index is 0.872. The number of hydrogen-bond donors (Lipinski definition) is 0. The summed E-state index contributed by atoms with van der Waals surface area (Å²) in [5, 5.41) is 11.0. The largest absolute Gasteiger partial charge is 0.333 e. The number of pyridine rings is 1. The summed E-state index contributed by atoms with van der Waals surface area (Å²) in [5.41, 5.74) is 2.98. The van der Waals surface area contributed by atoms with Crippen molar-refractivity contribution < 1.29 is 4.52 Å². The molecule has 0 amide bonds. The van der Waals surface area contributed by atoms with Crippen LogP contribution in [-0.4, -0.2) is 15.1 Å². The highest BCUT2D eigenvalue weighted by molar-refractivity contribution is 9.10.